The Morgan fingerprint density at radius 3 is 2.36 bits per heavy atom. The SMILES string of the molecule is COCO[C@@H]1C(C)[C@H]2C[C@@H]3C=C[C@@H]4C[C@H](OC)C(=O)O[C@H]([C@@H](CO[Si](C)(C)C(C)(C)C)OCOC)[C@H](COCc5ccc(OC)cc5)/C=C(\C)[C@@]4(O2)[C@H]13. The molecule has 5 aliphatic rings. The van der Waals surface area contributed by atoms with Gasteiger partial charge in [0.2, 0.25) is 0 Å². The predicted octanol–water partition coefficient (Wildman–Crippen LogP) is 6.70. The van der Waals surface area contributed by atoms with Crippen molar-refractivity contribution in [2.45, 2.75) is 108 Å². The normalized spacial score (nSPS) is 34.5. The number of ether oxygens (including phenoxy) is 9. The molecule has 2 aliphatic carbocycles. The van der Waals surface area contributed by atoms with Crippen LogP contribution in [-0.2, 0) is 53.7 Å². The van der Waals surface area contributed by atoms with Gasteiger partial charge in [-0.15, -0.1) is 0 Å². The molecule has 11 nitrogen and oxygen atoms in total. The number of carbonyl (C=O) groups excluding carboxylic acids is 1. The van der Waals surface area contributed by atoms with E-state index in [1.807, 2.05) is 24.3 Å². The molecule has 53 heavy (non-hydrogen) atoms. The van der Waals surface area contributed by atoms with Crippen molar-refractivity contribution in [2.75, 3.05) is 55.2 Å². The van der Waals surface area contributed by atoms with Crippen molar-refractivity contribution in [1.82, 2.24) is 0 Å². The molecule has 1 aromatic rings. The summed E-state index contributed by atoms with van der Waals surface area (Å²) in [4.78, 5) is 14.3. The van der Waals surface area contributed by atoms with E-state index in [-0.39, 0.29) is 67.7 Å². The number of hydrogen-bond acceptors (Lipinski definition) is 11. The van der Waals surface area contributed by atoms with Gasteiger partial charge in [-0.2, -0.15) is 0 Å². The number of rotatable bonds is 16. The highest BCUT2D eigenvalue weighted by Crippen LogP contribution is 2.60. The Hall–Kier alpha value is -2.13. The first-order valence-corrected chi connectivity index (χ1v) is 22.0. The topological polar surface area (TPSA) is 109 Å². The van der Waals surface area contributed by atoms with E-state index in [1.54, 1.807) is 28.4 Å². The summed E-state index contributed by atoms with van der Waals surface area (Å²) in [6.07, 6.45) is 5.59. The minimum absolute atomic E-state index is 0.00127. The molecule has 12 heteroatoms. The monoisotopic (exact) mass is 760 g/mol. The van der Waals surface area contributed by atoms with Gasteiger partial charge in [0.25, 0.3) is 0 Å². The van der Waals surface area contributed by atoms with Crippen molar-refractivity contribution in [3.05, 3.63) is 53.6 Å². The molecule has 2 saturated heterocycles. The molecular weight excluding hydrogens is 697 g/mol. The molecule has 0 N–H and O–H groups in total. The van der Waals surface area contributed by atoms with Crippen LogP contribution < -0.4 is 4.74 Å². The van der Waals surface area contributed by atoms with Crippen LogP contribution >= 0.6 is 0 Å². The molecule has 1 aromatic carbocycles. The predicted molar refractivity (Wildman–Crippen MR) is 203 cm³/mol. The van der Waals surface area contributed by atoms with Crippen LogP contribution in [0.2, 0.25) is 18.1 Å². The number of fused-ring (bicyclic) bond motifs is 1. The summed E-state index contributed by atoms with van der Waals surface area (Å²) in [6.45, 7) is 16.3. The lowest BCUT2D eigenvalue weighted by atomic mass is 9.52. The summed E-state index contributed by atoms with van der Waals surface area (Å²) in [6, 6.07) is 7.80. The molecule has 298 valence electrons. The zero-order valence-electron chi connectivity index (χ0n) is 33.8. The highest BCUT2D eigenvalue weighted by atomic mass is 28.4. The third kappa shape index (κ3) is 8.97. The fourth-order valence-corrected chi connectivity index (χ4v) is 9.52. The molecule has 3 fully saturated rings. The zero-order valence-corrected chi connectivity index (χ0v) is 34.8. The van der Waals surface area contributed by atoms with Crippen molar-refractivity contribution >= 4 is 14.3 Å². The maximum absolute atomic E-state index is 14.3. The van der Waals surface area contributed by atoms with Crippen LogP contribution in [0.5, 0.6) is 5.75 Å². The fraction of sp³-hybridized carbons (Fsp3) is 0.732. The highest BCUT2D eigenvalue weighted by Gasteiger charge is 2.65. The Balaban J connectivity index is 1.60. The average Bonchev–Trinajstić information content (AvgIpc) is 3.12. The van der Waals surface area contributed by atoms with Crippen LogP contribution in [0.15, 0.2) is 48.1 Å². The van der Waals surface area contributed by atoms with Crippen LogP contribution in [0.3, 0.4) is 0 Å². The number of benzene rings is 1. The van der Waals surface area contributed by atoms with E-state index in [2.05, 4.69) is 65.9 Å². The molecule has 1 spiro atoms. The molecule has 3 aliphatic heterocycles. The zero-order chi connectivity index (χ0) is 38.6. The van der Waals surface area contributed by atoms with Crippen molar-refractivity contribution in [2.24, 2.45) is 29.6 Å². The van der Waals surface area contributed by atoms with Crippen LogP contribution in [0.1, 0.15) is 53.0 Å². The number of cyclic esters (lactones) is 1. The molecular formula is C41H64O11Si. The van der Waals surface area contributed by atoms with E-state index >= 15 is 0 Å². The summed E-state index contributed by atoms with van der Waals surface area (Å²) in [5.41, 5.74) is 1.30. The van der Waals surface area contributed by atoms with E-state index < -0.39 is 44.1 Å². The lowest BCUT2D eigenvalue weighted by Crippen LogP contribution is -2.70. The van der Waals surface area contributed by atoms with Gasteiger partial charge in [-0.05, 0) is 67.1 Å². The highest BCUT2D eigenvalue weighted by molar-refractivity contribution is 6.74. The van der Waals surface area contributed by atoms with Crippen molar-refractivity contribution in [3.8, 4) is 5.75 Å². The number of allylic oxidation sites excluding steroid dienone is 1. The summed E-state index contributed by atoms with van der Waals surface area (Å²) in [7, 11) is 4.21. The van der Waals surface area contributed by atoms with Gasteiger partial charge in [0.15, 0.2) is 14.4 Å². The lowest BCUT2D eigenvalue weighted by Gasteiger charge is -2.64. The third-order valence-electron chi connectivity index (χ3n) is 12.5. The van der Waals surface area contributed by atoms with Crippen molar-refractivity contribution < 1.29 is 51.9 Å². The van der Waals surface area contributed by atoms with Gasteiger partial charge in [0, 0.05) is 45.0 Å². The van der Waals surface area contributed by atoms with Gasteiger partial charge in [-0.3, -0.25) is 0 Å². The second-order valence-corrected chi connectivity index (χ2v) is 21.5. The molecule has 0 aromatic heterocycles. The molecule has 6 rings (SSSR count). The van der Waals surface area contributed by atoms with E-state index in [9.17, 15) is 4.79 Å². The molecule has 1 unspecified atom stereocenters. The summed E-state index contributed by atoms with van der Waals surface area (Å²) in [5.74, 6) is 0.120. The quantitative estimate of drug-likeness (QED) is 0.0778. The number of hydrogen-bond donors (Lipinski definition) is 0. The first-order chi connectivity index (χ1) is 25.2. The Bertz CT molecular complexity index is 1410. The minimum atomic E-state index is -2.23. The van der Waals surface area contributed by atoms with Gasteiger partial charge in [-0.1, -0.05) is 58.1 Å². The van der Waals surface area contributed by atoms with E-state index in [4.69, 9.17) is 47.1 Å². The van der Waals surface area contributed by atoms with E-state index in [0.717, 1.165) is 23.3 Å². The average molecular weight is 761 g/mol. The van der Waals surface area contributed by atoms with Gasteiger partial charge < -0.3 is 47.1 Å². The maximum atomic E-state index is 14.3. The number of esters is 1. The molecule has 0 radical (unpaired) electrons. The van der Waals surface area contributed by atoms with Gasteiger partial charge in [-0.25, -0.2) is 4.79 Å². The fourth-order valence-electron chi connectivity index (χ4n) is 8.51. The first-order valence-electron chi connectivity index (χ1n) is 19.0. The standard InChI is InChI=1S/C41H64O11Si/c1-26-18-30(22-47-21-28-12-16-32(45-8)17-13-28)38(35(48-24-43-6)23-50-53(10,11)40(3,4)5)51-39(42)34(46-9)20-31-15-14-29-19-33-27(2)37(49-25-44-7)36(29)41(26,31)52-33/h12-18,27,29-31,33-38H,19-25H2,1-11H3/b26-18+/t27?,29-,30-,31+,33+,34-,35+,36-,37+,38-,41-/m0/s1. The van der Waals surface area contributed by atoms with Crippen LogP contribution in [-0.4, -0.2) is 106 Å². The van der Waals surface area contributed by atoms with Crippen LogP contribution in [0, 0.1) is 29.6 Å². The Kier molecular flexibility index (Phi) is 14.1. The van der Waals surface area contributed by atoms with Crippen LogP contribution in [0.25, 0.3) is 0 Å². The smallest absolute Gasteiger partial charge is 0.335 e. The Morgan fingerprint density at radius 2 is 1.72 bits per heavy atom. The third-order valence-corrected chi connectivity index (χ3v) is 17.0. The van der Waals surface area contributed by atoms with E-state index in [0.29, 0.717) is 13.0 Å². The Morgan fingerprint density at radius 1 is 1.00 bits per heavy atom. The molecule has 4 bridgehead atoms. The van der Waals surface area contributed by atoms with Crippen molar-refractivity contribution in [1.29, 1.82) is 0 Å². The number of methoxy groups -OCH3 is 4. The summed E-state index contributed by atoms with van der Waals surface area (Å²) < 4.78 is 62.1. The van der Waals surface area contributed by atoms with Gasteiger partial charge >= 0.3 is 5.97 Å². The largest absolute Gasteiger partial charge is 0.497 e. The van der Waals surface area contributed by atoms with Gasteiger partial charge in [0.1, 0.15) is 37.1 Å². The molecule has 0 amide bonds. The van der Waals surface area contributed by atoms with Crippen LogP contribution in [0.4, 0.5) is 0 Å². The first kappa shape index (κ1) is 42.0. The van der Waals surface area contributed by atoms with E-state index in [1.165, 1.54) is 0 Å². The molecule has 11 atom stereocenters. The maximum Gasteiger partial charge on any atom is 0.335 e. The second kappa shape index (κ2) is 17.8. The molecule has 3 heterocycles. The number of carbonyl (C=O) groups is 1. The lowest BCUT2D eigenvalue weighted by molar-refractivity contribution is -0.294. The summed E-state index contributed by atoms with van der Waals surface area (Å²) >= 11 is 0. The molecule has 1 saturated carbocycles. The minimum Gasteiger partial charge on any atom is -0.497 e. The van der Waals surface area contributed by atoms with Crippen molar-refractivity contribution in [3.63, 3.8) is 0 Å². The van der Waals surface area contributed by atoms with Gasteiger partial charge in [0.05, 0.1) is 39.1 Å². The summed E-state index contributed by atoms with van der Waals surface area (Å²) in [5, 5.41) is -0.0419. The second-order valence-electron chi connectivity index (χ2n) is 16.7. The Labute approximate surface area is 318 Å².